The zero-order valence-electron chi connectivity index (χ0n) is 13.0. The van der Waals surface area contributed by atoms with Crippen LogP contribution in [0.5, 0.6) is 5.75 Å². The van der Waals surface area contributed by atoms with Gasteiger partial charge in [0.25, 0.3) is 0 Å². The molecule has 118 valence electrons. The van der Waals surface area contributed by atoms with Crippen LogP contribution in [0.1, 0.15) is 35.4 Å². The smallest absolute Gasteiger partial charge is 0.308 e. The van der Waals surface area contributed by atoms with Gasteiger partial charge in [-0.3, -0.25) is 9.59 Å². The van der Waals surface area contributed by atoms with Crippen LogP contribution in [0, 0.1) is 19.8 Å². The number of hydrogen-bond acceptors (Lipinski definition) is 3. The van der Waals surface area contributed by atoms with E-state index in [1.165, 1.54) is 0 Å². The molecule has 1 aromatic carbocycles. The average Bonchev–Trinajstić information content (AvgIpc) is 2.90. The molecule has 1 aromatic rings. The molecule has 1 N–H and O–H groups in total. The molecule has 0 bridgehead atoms. The molecular weight excluding hydrogens is 282 g/mol. The second-order valence-electron chi connectivity index (χ2n) is 6.30. The van der Waals surface area contributed by atoms with E-state index >= 15 is 0 Å². The van der Waals surface area contributed by atoms with Crippen LogP contribution in [0.4, 0.5) is 0 Å². The minimum absolute atomic E-state index is 0.00652. The summed E-state index contributed by atoms with van der Waals surface area (Å²) in [7, 11) is 0. The number of carbonyl (C=O) groups is 2. The molecule has 0 saturated carbocycles. The molecule has 5 nitrogen and oxygen atoms in total. The third-order valence-electron chi connectivity index (χ3n) is 4.79. The lowest BCUT2D eigenvalue weighted by Crippen LogP contribution is -2.44. The predicted molar refractivity (Wildman–Crippen MR) is 81.1 cm³/mol. The number of carbonyl (C=O) groups excluding carboxylic acids is 1. The summed E-state index contributed by atoms with van der Waals surface area (Å²) in [6.45, 7) is 5.35. The number of rotatable bonds is 2. The van der Waals surface area contributed by atoms with Gasteiger partial charge in [-0.2, -0.15) is 0 Å². The summed E-state index contributed by atoms with van der Waals surface area (Å²) in [5, 5.41) is 9.17. The summed E-state index contributed by atoms with van der Waals surface area (Å²) in [6, 6.07) is 4.01. The first-order chi connectivity index (χ1) is 10.5. The highest BCUT2D eigenvalue weighted by atomic mass is 16.5. The number of hydrogen-bond donors (Lipinski definition) is 1. The van der Waals surface area contributed by atoms with Crippen LogP contribution in [0.2, 0.25) is 0 Å². The van der Waals surface area contributed by atoms with Crippen LogP contribution < -0.4 is 4.74 Å². The van der Waals surface area contributed by atoms with Gasteiger partial charge < -0.3 is 14.7 Å². The van der Waals surface area contributed by atoms with Crippen molar-refractivity contribution in [1.82, 2.24) is 4.90 Å². The van der Waals surface area contributed by atoms with Gasteiger partial charge >= 0.3 is 5.97 Å². The van der Waals surface area contributed by atoms with Gasteiger partial charge in [0.15, 0.2) is 0 Å². The maximum Gasteiger partial charge on any atom is 0.308 e. The molecule has 1 amide bonds. The molecule has 3 rings (SSSR count). The van der Waals surface area contributed by atoms with Crippen molar-refractivity contribution in [2.45, 2.75) is 32.6 Å². The van der Waals surface area contributed by atoms with E-state index in [9.17, 15) is 9.59 Å². The molecular formula is C17H21NO4. The van der Waals surface area contributed by atoms with Crippen LogP contribution in [0.15, 0.2) is 12.1 Å². The Labute approximate surface area is 129 Å². The van der Waals surface area contributed by atoms with Gasteiger partial charge in [-0.1, -0.05) is 6.07 Å². The molecule has 2 aliphatic heterocycles. The van der Waals surface area contributed by atoms with Crippen LogP contribution in [0.3, 0.4) is 0 Å². The van der Waals surface area contributed by atoms with Crippen molar-refractivity contribution in [3.8, 4) is 5.75 Å². The van der Waals surface area contributed by atoms with Gasteiger partial charge in [0.05, 0.1) is 5.92 Å². The Hall–Kier alpha value is -2.04. The summed E-state index contributed by atoms with van der Waals surface area (Å²) in [4.78, 5) is 25.6. The van der Waals surface area contributed by atoms with E-state index in [4.69, 9.17) is 9.84 Å². The topological polar surface area (TPSA) is 66.8 Å². The van der Waals surface area contributed by atoms with Crippen molar-refractivity contribution in [2.75, 3.05) is 19.7 Å². The first-order valence-corrected chi connectivity index (χ1v) is 7.73. The van der Waals surface area contributed by atoms with Gasteiger partial charge in [0.1, 0.15) is 18.3 Å². The molecule has 2 heterocycles. The molecule has 22 heavy (non-hydrogen) atoms. The molecule has 0 aliphatic carbocycles. The van der Waals surface area contributed by atoms with Crippen molar-refractivity contribution in [1.29, 1.82) is 0 Å². The first-order valence-electron chi connectivity index (χ1n) is 7.73. The van der Waals surface area contributed by atoms with Gasteiger partial charge in [0.2, 0.25) is 5.91 Å². The number of piperidine rings is 1. The van der Waals surface area contributed by atoms with Crippen molar-refractivity contribution in [2.24, 2.45) is 5.92 Å². The standard InChI is InChI=1S/C17H21NO4/c1-10-6-13-14(9-22-15(13)7-11(10)2)16(19)18-5-3-4-12(8-18)17(20)21/h6-7,12,14H,3-5,8-9H2,1-2H3,(H,20,21). The molecule has 2 atom stereocenters. The van der Waals surface area contributed by atoms with E-state index in [0.29, 0.717) is 26.1 Å². The summed E-state index contributed by atoms with van der Waals surface area (Å²) in [5.74, 6) is -0.783. The van der Waals surface area contributed by atoms with E-state index in [1.54, 1.807) is 4.90 Å². The maximum atomic E-state index is 12.8. The van der Waals surface area contributed by atoms with Crippen molar-refractivity contribution in [3.63, 3.8) is 0 Å². The molecule has 0 spiro atoms. The van der Waals surface area contributed by atoms with Crippen LogP contribution in [-0.4, -0.2) is 41.6 Å². The van der Waals surface area contributed by atoms with Gasteiger partial charge in [-0.15, -0.1) is 0 Å². The van der Waals surface area contributed by atoms with Gasteiger partial charge in [-0.05, 0) is 43.9 Å². The summed E-state index contributed by atoms with van der Waals surface area (Å²) >= 11 is 0. The quantitative estimate of drug-likeness (QED) is 0.908. The number of aliphatic carboxylic acids is 1. The van der Waals surface area contributed by atoms with E-state index < -0.39 is 11.9 Å². The van der Waals surface area contributed by atoms with Gasteiger partial charge in [0, 0.05) is 18.7 Å². The molecule has 1 fully saturated rings. The number of amides is 1. The predicted octanol–water partition coefficient (Wildman–Crippen LogP) is 2.10. The lowest BCUT2D eigenvalue weighted by atomic mass is 9.93. The fraction of sp³-hybridized carbons (Fsp3) is 0.529. The zero-order valence-corrected chi connectivity index (χ0v) is 13.0. The lowest BCUT2D eigenvalue weighted by Gasteiger charge is -2.32. The molecule has 0 aromatic heterocycles. The number of fused-ring (bicyclic) bond motifs is 1. The normalized spacial score (nSPS) is 23.8. The minimum Gasteiger partial charge on any atom is -0.492 e. The van der Waals surface area contributed by atoms with Crippen LogP contribution in [0.25, 0.3) is 0 Å². The fourth-order valence-corrected chi connectivity index (χ4v) is 3.28. The van der Waals surface area contributed by atoms with Gasteiger partial charge in [-0.25, -0.2) is 0 Å². The van der Waals surface area contributed by atoms with Crippen molar-refractivity contribution in [3.05, 3.63) is 28.8 Å². The number of carboxylic acid groups (broad SMARTS) is 1. The molecule has 2 aliphatic rings. The number of likely N-dealkylation sites (tertiary alicyclic amines) is 1. The number of nitrogens with zero attached hydrogens (tertiary/aromatic N) is 1. The molecule has 5 heteroatoms. The second kappa shape index (κ2) is 5.63. The average molecular weight is 303 g/mol. The maximum absolute atomic E-state index is 12.8. The highest BCUT2D eigenvalue weighted by Gasteiger charge is 2.36. The second-order valence-corrected chi connectivity index (χ2v) is 6.30. The zero-order chi connectivity index (χ0) is 15.9. The first kappa shape index (κ1) is 14.9. The highest BCUT2D eigenvalue weighted by molar-refractivity contribution is 5.86. The van der Waals surface area contributed by atoms with Crippen molar-refractivity contribution >= 4 is 11.9 Å². The van der Waals surface area contributed by atoms with Crippen LogP contribution in [-0.2, 0) is 9.59 Å². The van der Waals surface area contributed by atoms with Crippen molar-refractivity contribution < 1.29 is 19.4 Å². The number of aryl methyl sites for hydroxylation is 2. The number of ether oxygens (including phenoxy) is 1. The lowest BCUT2D eigenvalue weighted by molar-refractivity contribution is -0.146. The molecule has 2 unspecified atom stereocenters. The summed E-state index contributed by atoms with van der Waals surface area (Å²) < 4.78 is 5.67. The van der Waals surface area contributed by atoms with E-state index in [0.717, 1.165) is 28.9 Å². The summed E-state index contributed by atoms with van der Waals surface area (Å²) in [6.07, 6.45) is 1.39. The third-order valence-corrected chi connectivity index (χ3v) is 4.79. The SMILES string of the molecule is Cc1cc2c(cc1C)C(C(=O)N1CCCC(C(=O)O)C1)CO2. The Morgan fingerprint density at radius 3 is 2.73 bits per heavy atom. The minimum atomic E-state index is -0.813. The summed E-state index contributed by atoms with van der Waals surface area (Å²) in [5.41, 5.74) is 3.23. The van der Waals surface area contributed by atoms with Crippen LogP contribution >= 0.6 is 0 Å². The monoisotopic (exact) mass is 303 g/mol. The Morgan fingerprint density at radius 2 is 2.00 bits per heavy atom. The number of benzene rings is 1. The Kier molecular flexibility index (Phi) is 3.81. The third kappa shape index (κ3) is 2.56. The van der Waals surface area contributed by atoms with E-state index in [-0.39, 0.29) is 11.8 Å². The highest BCUT2D eigenvalue weighted by Crippen LogP contribution is 2.37. The fourth-order valence-electron chi connectivity index (χ4n) is 3.28. The number of carboxylic acids is 1. The Morgan fingerprint density at radius 1 is 1.27 bits per heavy atom. The van der Waals surface area contributed by atoms with E-state index in [2.05, 4.69) is 0 Å². The molecule has 1 saturated heterocycles. The van der Waals surface area contributed by atoms with E-state index in [1.807, 2.05) is 26.0 Å². The molecule has 0 radical (unpaired) electrons. The Balaban J connectivity index is 1.80. The largest absolute Gasteiger partial charge is 0.492 e. The Bertz CT molecular complexity index is 625.